The monoisotopic (exact) mass is 422 g/mol. The van der Waals surface area contributed by atoms with Crippen LogP contribution in [0.15, 0.2) is 64.4 Å². The number of halogens is 1. The predicted molar refractivity (Wildman–Crippen MR) is 121 cm³/mol. The Bertz CT molecular complexity index is 1080. The fraction of sp³-hybridized carbons (Fsp3) is 0.333. The molecule has 1 N–H and O–H groups in total. The molecule has 1 aliphatic rings. The quantitative estimate of drug-likeness (QED) is 0.468. The maximum atomic E-state index is 13.4. The summed E-state index contributed by atoms with van der Waals surface area (Å²) in [6.07, 6.45) is 0.925. The topological polar surface area (TPSA) is 62.6 Å². The van der Waals surface area contributed by atoms with Gasteiger partial charge in [0.2, 0.25) is 0 Å². The minimum absolute atomic E-state index is 0.195. The number of morpholine rings is 1. The van der Waals surface area contributed by atoms with Crippen molar-refractivity contribution in [2.24, 2.45) is 4.99 Å². The van der Waals surface area contributed by atoms with Crippen molar-refractivity contribution in [3.8, 4) is 16.9 Å². The molecule has 1 aliphatic heterocycles. The van der Waals surface area contributed by atoms with Crippen LogP contribution < -0.4 is 5.56 Å². The van der Waals surface area contributed by atoms with E-state index in [4.69, 9.17) is 9.73 Å². The number of hydrogen-bond acceptors (Lipinski definition) is 4. The molecule has 3 aromatic rings. The first-order valence-electron chi connectivity index (χ1n) is 10.6. The highest BCUT2D eigenvalue weighted by Crippen LogP contribution is 2.21. The highest BCUT2D eigenvalue weighted by atomic mass is 19.1. The van der Waals surface area contributed by atoms with Gasteiger partial charge in [0.05, 0.1) is 30.2 Å². The SMILES string of the molecule is CC(=NCCCN1CCOCC1)c1c(-c2ccccc2)[nH]n(-c2ccc(F)cc2)c1=O. The van der Waals surface area contributed by atoms with Crippen LogP contribution in [0.5, 0.6) is 0 Å². The summed E-state index contributed by atoms with van der Waals surface area (Å²) in [7, 11) is 0. The van der Waals surface area contributed by atoms with E-state index in [0.717, 1.165) is 44.8 Å². The van der Waals surface area contributed by atoms with Crippen LogP contribution in [0, 0.1) is 5.82 Å². The molecule has 4 rings (SSSR count). The lowest BCUT2D eigenvalue weighted by Crippen LogP contribution is -2.37. The number of aliphatic imine (C=N–C) groups is 1. The Labute approximate surface area is 181 Å². The Morgan fingerprint density at radius 1 is 1.10 bits per heavy atom. The minimum atomic E-state index is -0.343. The van der Waals surface area contributed by atoms with E-state index >= 15 is 0 Å². The average Bonchev–Trinajstić information content (AvgIpc) is 3.15. The van der Waals surface area contributed by atoms with Gasteiger partial charge >= 0.3 is 0 Å². The summed E-state index contributed by atoms with van der Waals surface area (Å²) in [6.45, 7) is 6.99. The highest BCUT2D eigenvalue weighted by Gasteiger charge is 2.19. The molecule has 0 unspecified atom stereocenters. The number of aromatic nitrogens is 2. The van der Waals surface area contributed by atoms with Crippen LogP contribution in [0.25, 0.3) is 16.9 Å². The van der Waals surface area contributed by atoms with Crippen molar-refractivity contribution in [2.45, 2.75) is 13.3 Å². The van der Waals surface area contributed by atoms with Gasteiger partial charge in [-0.15, -0.1) is 0 Å². The highest BCUT2D eigenvalue weighted by molar-refractivity contribution is 6.03. The van der Waals surface area contributed by atoms with Crippen LogP contribution in [0.4, 0.5) is 4.39 Å². The molecule has 31 heavy (non-hydrogen) atoms. The lowest BCUT2D eigenvalue weighted by molar-refractivity contribution is 0.0377. The molecule has 0 radical (unpaired) electrons. The number of H-pyrrole nitrogens is 1. The number of benzene rings is 2. The fourth-order valence-corrected chi connectivity index (χ4v) is 3.80. The Morgan fingerprint density at radius 2 is 1.81 bits per heavy atom. The number of hydrogen-bond donors (Lipinski definition) is 1. The van der Waals surface area contributed by atoms with Crippen LogP contribution in [-0.2, 0) is 4.74 Å². The molecule has 1 saturated heterocycles. The van der Waals surface area contributed by atoms with Crippen LogP contribution in [0.3, 0.4) is 0 Å². The zero-order valence-corrected chi connectivity index (χ0v) is 17.7. The van der Waals surface area contributed by atoms with Crippen LogP contribution in [0.2, 0.25) is 0 Å². The van der Waals surface area contributed by atoms with Crippen LogP contribution in [0.1, 0.15) is 18.9 Å². The van der Waals surface area contributed by atoms with Crippen molar-refractivity contribution in [3.63, 3.8) is 0 Å². The standard InChI is InChI=1S/C24H27FN4O2/c1-18(26-12-5-13-28-14-16-31-17-15-28)22-23(19-6-3-2-4-7-19)27-29(24(22)30)21-10-8-20(25)9-11-21/h2-4,6-11,27H,5,12-17H2,1H3. The maximum Gasteiger partial charge on any atom is 0.280 e. The average molecular weight is 423 g/mol. The van der Waals surface area contributed by atoms with E-state index in [9.17, 15) is 9.18 Å². The lowest BCUT2D eigenvalue weighted by Gasteiger charge is -2.26. The van der Waals surface area contributed by atoms with Gasteiger partial charge in [0, 0.05) is 37.5 Å². The Hall–Kier alpha value is -3.03. The number of rotatable bonds is 7. The molecule has 0 amide bonds. The van der Waals surface area contributed by atoms with E-state index in [1.807, 2.05) is 37.3 Å². The van der Waals surface area contributed by atoms with E-state index in [1.165, 1.54) is 16.8 Å². The second kappa shape index (κ2) is 9.85. The third kappa shape index (κ3) is 5.00. The van der Waals surface area contributed by atoms with Crippen molar-refractivity contribution in [2.75, 3.05) is 39.4 Å². The van der Waals surface area contributed by atoms with E-state index in [1.54, 1.807) is 12.1 Å². The van der Waals surface area contributed by atoms with Gasteiger partial charge in [-0.05, 0) is 37.6 Å². The molecular formula is C24H27FN4O2. The van der Waals surface area contributed by atoms with E-state index in [0.29, 0.717) is 29.2 Å². The third-order valence-electron chi connectivity index (χ3n) is 5.48. The molecule has 0 saturated carbocycles. The molecule has 1 aromatic heterocycles. The predicted octanol–water partition coefficient (Wildman–Crippen LogP) is 3.50. The zero-order valence-electron chi connectivity index (χ0n) is 17.7. The smallest absolute Gasteiger partial charge is 0.280 e. The summed E-state index contributed by atoms with van der Waals surface area (Å²) in [6, 6.07) is 15.6. The summed E-state index contributed by atoms with van der Waals surface area (Å²) in [5, 5.41) is 3.20. The van der Waals surface area contributed by atoms with Gasteiger partial charge in [-0.3, -0.25) is 19.8 Å². The summed E-state index contributed by atoms with van der Waals surface area (Å²) in [4.78, 5) is 20.4. The van der Waals surface area contributed by atoms with Crippen molar-refractivity contribution >= 4 is 5.71 Å². The second-order valence-electron chi connectivity index (χ2n) is 7.62. The first-order valence-corrected chi connectivity index (χ1v) is 10.6. The van der Waals surface area contributed by atoms with Gasteiger partial charge in [-0.2, -0.15) is 0 Å². The van der Waals surface area contributed by atoms with E-state index in [-0.39, 0.29) is 11.4 Å². The number of ether oxygens (including phenoxy) is 1. The minimum Gasteiger partial charge on any atom is -0.379 e. The van der Waals surface area contributed by atoms with E-state index < -0.39 is 0 Å². The Balaban J connectivity index is 1.61. The molecule has 0 atom stereocenters. The molecule has 7 heteroatoms. The normalized spacial score (nSPS) is 15.4. The van der Waals surface area contributed by atoms with Crippen LogP contribution >= 0.6 is 0 Å². The molecule has 0 aliphatic carbocycles. The van der Waals surface area contributed by atoms with Gasteiger partial charge in [-0.25, -0.2) is 9.07 Å². The van der Waals surface area contributed by atoms with Crippen molar-refractivity contribution in [1.82, 2.24) is 14.7 Å². The lowest BCUT2D eigenvalue weighted by atomic mass is 10.1. The summed E-state index contributed by atoms with van der Waals surface area (Å²) < 4.78 is 20.2. The Morgan fingerprint density at radius 3 is 2.52 bits per heavy atom. The van der Waals surface area contributed by atoms with Gasteiger partial charge in [0.25, 0.3) is 5.56 Å². The molecule has 0 spiro atoms. The molecule has 162 valence electrons. The summed E-state index contributed by atoms with van der Waals surface area (Å²) >= 11 is 0. The molecule has 1 fully saturated rings. The van der Waals surface area contributed by atoms with Gasteiger partial charge in [0.15, 0.2) is 0 Å². The van der Waals surface area contributed by atoms with Crippen molar-refractivity contribution < 1.29 is 9.13 Å². The molecule has 0 bridgehead atoms. The molecular weight excluding hydrogens is 395 g/mol. The van der Waals surface area contributed by atoms with Gasteiger partial charge in [0.1, 0.15) is 5.82 Å². The molecule has 2 heterocycles. The van der Waals surface area contributed by atoms with Crippen LogP contribution in [-0.4, -0.2) is 59.8 Å². The maximum absolute atomic E-state index is 13.4. The molecule has 2 aromatic carbocycles. The van der Waals surface area contributed by atoms with Crippen molar-refractivity contribution in [3.05, 3.63) is 76.3 Å². The second-order valence-corrected chi connectivity index (χ2v) is 7.62. The molecule has 6 nitrogen and oxygen atoms in total. The number of nitrogens with zero attached hydrogens (tertiary/aromatic N) is 3. The summed E-state index contributed by atoms with van der Waals surface area (Å²) in [5.74, 6) is -0.343. The van der Waals surface area contributed by atoms with Gasteiger partial charge in [-0.1, -0.05) is 30.3 Å². The Kier molecular flexibility index (Phi) is 6.74. The first kappa shape index (κ1) is 21.2. The fourth-order valence-electron chi connectivity index (χ4n) is 3.80. The number of nitrogens with one attached hydrogen (secondary N) is 1. The largest absolute Gasteiger partial charge is 0.379 e. The number of aromatic amines is 1. The first-order chi connectivity index (χ1) is 15.1. The third-order valence-corrected chi connectivity index (χ3v) is 5.48. The van der Waals surface area contributed by atoms with Gasteiger partial charge < -0.3 is 4.74 Å². The zero-order chi connectivity index (χ0) is 21.6. The van der Waals surface area contributed by atoms with Crippen molar-refractivity contribution in [1.29, 1.82) is 0 Å². The summed E-state index contributed by atoms with van der Waals surface area (Å²) in [5.41, 5.74) is 3.24. The van der Waals surface area contributed by atoms with E-state index in [2.05, 4.69) is 10.00 Å².